The molecule has 0 spiro atoms. The summed E-state index contributed by atoms with van der Waals surface area (Å²) in [6, 6.07) is 0. The summed E-state index contributed by atoms with van der Waals surface area (Å²) in [6.07, 6.45) is 2.99. The quantitative estimate of drug-likeness (QED) is 0.621. The van der Waals surface area contributed by atoms with Crippen molar-refractivity contribution >= 4 is 11.8 Å². The van der Waals surface area contributed by atoms with E-state index in [0.29, 0.717) is 37.8 Å². The largest absolute Gasteiger partial charge is 0.356 e. The Morgan fingerprint density at radius 1 is 0.778 bits per heavy atom. The first kappa shape index (κ1) is 16.9. The van der Waals surface area contributed by atoms with Crippen molar-refractivity contribution in [2.75, 3.05) is 13.1 Å². The van der Waals surface area contributed by atoms with Gasteiger partial charge in [0, 0.05) is 25.9 Å². The molecule has 2 N–H and O–H groups in total. The Balaban J connectivity index is 3.36. The highest BCUT2D eigenvalue weighted by Crippen LogP contribution is 1.99. The normalized spacial score (nSPS) is 10.8. The molecule has 0 aliphatic carbocycles. The second-order valence-electron chi connectivity index (χ2n) is 5.60. The van der Waals surface area contributed by atoms with Crippen LogP contribution in [0.1, 0.15) is 53.4 Å². The van der Waals surface area contributed by atoms with E-state index in [9.17, 15) is 9.59 Å². The van der Waals surface area contributed by atoms with Crippen LogP contribution in [0, 0.1) is 11.8 Å². The fourth-order valence-corrected chi connectivity index (χ4v) is 1.59. The smallest absolute Gasteiger partial charge is 0.220 e. The van der Waals surface area contributed by atoms with E-state index in [2.05, 4.69) is 10.6 Å². The molecule has 0 radical (unpaired) electrons. The van der Waals surface area contributed by atoms with Gasteiger partial charge in [-0.2, -0.15) is 0 Å². The van der Waals surface area contributed by atoms with Gasteiger partial charge in [-0.3, -0.25) is 9.59 Å². The van der Waals surface area contributed by atoms with Crippen LogP contribution in [-0.4, -0.2) is 24.9 Å². The Bertz CT molecular complexity index is 224. The lowest BCUT2D eigenvalue weighted by atomic mass is 10.1. The minimum atomic E-state index is 0.119. The van der Waals surface area contributed by atoms with Crippen molar-refractivity contribution < 1.29 is 9.59 Å². The molecule has 0 heterocycles. The van der Waals surface area contributed by atoms with Crippen molar-refractivity contribution in [3.05, 3.63) is 0 Å². The van der Waals surface area contributed by atoms with Crippen molar-refractivity contribution in [1.29, 1.82) is 0 Å². The van der Waals surface area contributed by atoms with Gasteiger partial charge in [0.15, 0.2) is 0 Å². The zero-order chi connectivity index (χ0) is 14.0. The lowest BCUT2D eigenvalue weighted by Crippen LogP contribution is -2.28. The third-order valence-corrected chi connectivity index (χ3v) is 2.44. The summed E-state index contributed by atoms with van der Waals surface area (Å²) >= 11 is 0. The van der Waals surface area contributed by atoms with Crippen molar-refractivity contribution in [3.63, 3.8) is 0 Å². The SMILES string of the molecule is CC(C)CC(=O)NCCCCNC(=O)CC(C)C. The number of carbonyl (C=O) groups excluding carboxylic acids is 2. The molecule has 0 aliphatic rings. The summed E-state index contributed by atoms with van der Waals surface area (Å²) in [5.41, 5.74) is 0. The Labute approximate surface area is 111 Å². The third kappa shape index (κ3) is 11.4. The molecule has 0 atom stereocenters. The van der Waals surface area contributed by atoms with Crippen LogP contribution in [0.2, 0.25) is 0 Å². The highest BCUT2D eigenvalue weighted by Gasteiger charge is 2.04. The van der Waals surface area contributed by atoms with Gasteiger partial charge in [0.05, 0.1) is 0 Å². The minimum Gasteiger partial charge on any atom is -0.356 e. The molecule has 4 heteroatoms. The Morgan fingerprint density at radius 3 is 1.39 bits per heavy atom. The molecule has 18 heavy (non-hydrogen) atoms. The molecule has 0 saturated carbocycles. The number of nitrogens with one attached hydrogen (secondary N) is 2. The molecule has 0 saturated heterocycles. The molecule has 0 aromatic rings. The van der Waals surface area contributed by atoms with E-state index >= 15 is 0 Å². The molecule has 106 valence electrons. The van der Waals surface area contributed by atoms with Crippen LogP contribution in [0.5, 0.6) is 0 Å². The summed E-state index contributed by atoms with van der Waals surface area (Å²) in [7, 11) is 0. The Kier molecular flexibility index (Phi) is 9.33. The number of hydrogen-bond donors (Lipinski definition) is 2. The zero-order valence-corrected chi connectivity index (χ0v) is 12.2. The first-order chi connectivity index (χ1) is 8.41. The van der Waals surface area contributed by atoms with Gasteiger partial charge in [0.2, 0.25) is 11.8 Å². The number of amides is 2. The van der Waals surface area contributed by atoms with Crippen LogP contribution in [0.15, 0.2) is 0 Å². The molecule has 0 fully saturated rings. The Morgan fingerprint density at radius 2 is 1.11 bits per heavy atom. The number of unbranched alkanes of at least 4 members (excludes halogenated alkanes) is 1. The van der Waals surface area contributed by atoms with Crippen LogP contribution in [0.3, 0.4) is 0 Å². The second kappa shape index (κ2) is 9.92. The van der Waals surface area contributed by atoms with Gasteiger partial charge in [-0.1, -0.05) is 27.7 Å². The van der Waals surface area contributed by atoms with Gasteiger partial charge >= 0.3 is 0 Å². The van der Waals surface area contributed by atoms with Crippen LogP contribution < -0.4 is 10.6 Å². The second-order valence-corrected chi connectivity index (χ2v) is 5.60. The molecular weight excluding hydrogens is 228 g/mol. The fourth-order valence-electron chi connectivity index (χ4n) is 1.59. The van der Waals surface area contributed by atoms with Gasteiger partial charge in [-0.05, 0) is 24.7 Å². The molecule has 0 aromatic carbocycles. The van der Waals surface area contributed by atoms with Crippen molar-refractivity contribution in [2.24, 2.45) is 11.8 Å². The van der Waals surface area contributed by atoms with Gasteiger partial charge < -0.3 is 10.6 Å². The summed E-state index contributed by atoms with van der Waals surface area (Å²) in [4.78, 5) is 22.7. The van der Waals surface area contributed by atoms with E-state index in [4.69, 9.17) is 0 Å². The maximum absolute atomic E-state index is 11.3. The summed E-state index contributed by atoms with van der Waals surface area (Å²) < 4.78 is 0. The molecular formula is C14H28N2O2. The maximum Gasteiger partial charge on any atom is 0.220 e. The van der Waals surface area contributed by atoms with E-state index < -0.39 is 0 Å². The molecule has 2 amide bonds. The molecule has 0 aliphatic heterocycles. The van der Waals surface area contributed by atoms with Crippen molar-refractivity contribution in [3.8, 4) is 0 Å². The van der Waals surface area contributed by atoms with Crippen LogP contribution >= 0.6 is 0 Å². The highest BCUT2D eigenvalue weighted by molar-refractivity contribution is 5.76. The predicted molar refractivity (Wildman–Crippen MR) is 74.2 cm³/mol. The van der Waals surface area contributed by atoms with Crippen molar-refractivity contribution in [2.45, 2.75) is 53.4 Å². The standard InChI is InChI=1S/C14H28N2O2/c1-11(2)9-13(17)15-7-5-6-8-16-14(18)10-12(3)4/h11-12H,5-10H2,1-4H3,(H,15,17)(H,16,18). The molecule has 4 nitrogen and oxygen atoms in total. The number of hydrogen-bond acceptors (Lipinski definition) is 2. The lowest BCUT2D eigenvalue weighted by Gasteiger charge is -2.08. The average Bonchev–Trinajstić information content (AvgIpc) is 2.20. The average molecular weight is 256 g/mol. The Hall–Kier alpha value is -1.06. The number of carbonyl (C=O) groups is 2. The maximum atomic E-state index is 11.3. The van der Waals surface area contributed by atoms with Gasteiger partial charge in [-0.15, -0.1) is 0 Å². The molecule has 0 bridgehead atoms. The topological polar surface area (TPSA) is 58.2 Å². The summed E-state index contributed by atoms with van der Waals surface area (Å²) in [5.74, 6) is 1.04. The molecule has 0 aromatic heterocycles. The van der Waals surface area contributed by atoms with E-state index in [1.807, 2.05) is 27.7 Å². The predicted octanol–water partition coefficient (Wildman–Crippen LogP) is 2.09. The first-order valence-electron chi connectivity index (χ1n) is 6.95. The van der Waals surface area contributed by atoms with Gasteiger partial charge in [-0.25, -0.2) is 0 Å². The van der Waals surface area contributed by atoms with Crippen LogP contribution in [0.25, 0.3) is 0 Å². The van der Waals surface area contributed by atoms with Crippen molar-refractivity contribution in [1.82, 2.24) is 10.6 Å². The van der Waals surface area contributed by atoms with Crippen LogP contribution in [0.4, 0.5) is 0 Å². The zero-order valence-electron chi connectivity index (χ0n) is 12.2. The van der Waals surface area contributed by atoms with Gasteiger partial charge in [0.1, 0.15) is 0 Å². The summed E-state index contributed by atoms with van der Waals surface area (Å²) in [6.45, 7) is 9.53. The van der Waals surface area contributed by atoms with E-state index in [-0.39, 0.29) is 11.8 Å². The van der Waals surface area contributed by atoms with Crippen LogP contribution in [-0.2, 0) is 9.59 Å². The first-order valence-corrected chi connectivity index (χ1v) is 6.95. The monoisotopic (exact) mass is 256 g/mol. The fraction of sp³-hybridized carbons (Fsp3) is 0.857. The summed E-state index contributed by atoms with van der Waals surface area (Å²) in [5, 5.41) is 5.77. The number of rotatable bonds is 9. The van der Waals surface area contributed by atoms with E-state index in [1.54, 1.807) is 0 Å². The molecule has 0 rings (SSSR count). The lowest BCUT2D eigenvalue weighted by molar-refractivity contribution is -0.122. The van der Waals surface area contributed by atoms with E-state index in [0.717, 1.165) is 12.8 Å². The third-order valence-electron chi connectivity index (χ3n) is 2.44. The molecule has 0 unspecified atom stereocenters. The highest BCUT2D eigenvalue weighted by atomic mass is 16.2. The minimum absolute atomic E-state index is 0.119. The van der Waals surface area contributed by atoms with E-state index in [1.165, 1.54) is 0 Å². The van der Waals surface area contributed by atoms with Gasteiger partial charge in [0.25, 0.3) is 0 Å².